The van der Waals surface area contributed by atoms with Gasteiger partial charge in [-0.05, 0) is 38.5 Å². The lowest BCUT2D eigenvalue weighted by Crippen LogP contribution is -2.21. The zero-order chi connectivity index (χ0) is 11.8. The molecule has 1 aromatic heterocycles. The van der Waals surface area contributed by atoms with Gasteiger partial charge in [-0.2, -0.15) is 5.10 Å². The molecule has 0 saturated carbocycles. The van der Waals surface area contributed by atoms with Crippen LogP contribution in [-0.4, -0.2) is 9.78 Å². The number of nitrogens with zero attached hydrogens (tertiary/aromatic N) is 2. The number of benzene rings is 1. The van der Waals surface area contributed by atoms with E-state index in [1.807, 2.05) is 35.1 Å². The van der Waals surface area contributed by atoms with E-state index in [9.17, 15) is 0 Å². The average Bonchev–Trinajstić information content (AvgIpc) is 2.67. The Labute approximate surface area is 101 Å². The molecule has 2 aromatic rings. The normalized spacial score (nSPS) is 11.8. The van der Waals surface area contributed by atoms with Gasteiger partial charge in [-0.1, -0.05) is 23.7 Å². The summed E-state index contributed by atoms with van der Waals surface area (Å²) in [4.78, 5) is 0. The highest BCUT2D eigenvalue weighted by molar-refractivity contribution is 6.30. The SMILES string of the molecule is CC(C)(C)n1cc(-c2ccc(Cl)cc2)cn1. The number of hydrogen-bond acceptors (Lipinski definition) is 1. The van der Waals surface area contributed by atoms with Gasteiger partial charge >= 0.3 is 0 Å². The summed E-state index contributed by atoms with van der Waals surface area (Å²) in [5.41, 5.74) is 2.27. The highest BCUT2D eigenvalue weighted by atomic mass is 35.5. The molecule has 0 fully saturated rings. The van der Waals surface area contributed by atoms with Crippen molar-refractivity contribution in [3.8, 4) is 11.1 Å². The van der Waals surface area contributed by atoms with Crippen molar-refractivity contribution in [1.29, 1.82) is 0 Å². The van der Waals surface area contributed by atoms with Gasteiger partial charge in [-0.3, -0.25) is 4.68 Å². The fraction of sp³-hybridized carbons (Fsp3) is 0.308. The van der Waals surface area contributed by atoms with Gasteiger partial charge in [0.15, 0.2) is 0 Å². The van der Waals surface area contributed by atoms with Crippen LogP contribution in [-0.2, 0) is 5.54 Å². The van der Waals surface area contributed by atoms with Crippen molar-refractivity contribution in [3.63, 3.8) is 0 Å². The second-order valence-corrected chi connectivity index (χ2v) is 5.29. The van der Waals surface area contributed by atoms with Crippen molar-refractivity contribution in [1.82, 2.24) is 9.78 Å². The van der Waals surface area contributed by atoms with E-state index < -0.39 is 0 Å². The number of hydrogen-bond donors (Lipinski definition) is 0. The van der Waals surface area contributed by atoms with E-state index in [2.05, 4.69) is 32.1 Å². The Kier molecular flexibility index (Phi) is 2.76. The van der Waals surface area contributed by atoms with Gasteiger partial charge in [0, 0.05) is 16.8 Å². The van der Waals surface area contributed by atoms with Crippen LogP contribution in [0.25, 0.3) is 11.1 Å². The molecule has 16 heavy (non-hydrogen) atoms. The summed E-state index contributed by atoms with van der Waals surface area (Å²) in [6.45, 7) is 6.39. The van der Waals surface area contributed by atoms with Crippen molar-refractivity contribution in [2.24, 2.45) is 0 Å². The lowest BCUT2D eigenvalue weighted by atomic mass is 10.1. The summed E-state index contributed by atoms with van der Waals surface area (Å²) < 4.78 is 1.97. The van der Waals surface area contributed by atoms with Crippen molar-refractivity contribution in [3.05, 3.63) is 41.7 Å². The molecule has 2 nitrogen and oxygen atoms in total. The number of halogens is 1. The zero-order valence-electron chi connectivity index (χ0n) is 9.74. The fourth-order valence-corrected chi connectivity index (χ4v) is 1.61. The molecule has 0 aliphatic heterocycles. The van der Waals surface area contributed by atoms with Gasteiger partial charge in [0.1, 0.15) is 0 Å². The lowest BCUT2D eigenvalue weighted by Gasteiger charge is -2.18. The average molecular weight is 235 g/mol. The molecule has 2 rings (SSSR count). The van der Waals surface area contributed by atoms with Crippen molar-refractivity contribution >= 4 is 11.6 Å². The van der Waals surface area contributed by atoms with Crippen LogP contribution in [0.3, 0.4) is 0 Å². The predicted octanol–water partition coefficient (Wildman–Crippen LogP) is 3.96. The third-order valence-electron chi connectivity index (χ3n) is 2.45. The second kappa shape index (κ2) is 3.95. The van der Waals surface area contributed by atoms with Crippen molar-refractivity contribution in [2.45, 2.75) is 26.3 Å². The molecule has 0 amide bonds. The number of rotatable bonds is 1. The van der Waals surface area contributed by atoms with E-state index in [0.717, 1.165) is 16.1 Å². The summed E-state index contributed by atoms with van der Waals surface area (Å²) in [5, 5.41) is 5.13. The first-order chi connectivity index (χ1) is 7.47. The Bertz CT molecular complexity index is 477. The molecule has 0 aliphatic rings. The van der Waals surface area contributed by atoms with Crippen molar-refractivity contribution < 1.29 is 0 Å². The minimum Gasteiger partial charge on any atom is -0.267 e. The molecule has 0 atom stereocenters. The summed E-state index contributed by atoms with van der Waals surface area (Å²) in [6, 6.07) is 7.80. The third-order valence-corrected chi connectivity index (χ3v) is 2.70. The van der Waals surface area contributed by atoms with Gasteiger partial charge in [-0.25, -0.2) is 0 Å². The summed E-state index contributed by atoms with van der Waals surface area (Å²) in [7, 11) is 0. The Morgan fingerprint density at radius 2 is 1.69 bits per heavy atom. The van der Waals surface area contributed by atoms with Gasteiger partial charge in [0.25, 0.3) is 0 Å². The van der Waals surface area contributed by atoms with Gasteiger partial charge in [0.2, 0.25) is 0 Å². The molecule has 0 unspecified atom stereocenters. The largest absolute Gasteiger partial charge is 0.267 e. The molecule has 0 aliphatic carbocycles. The van der Waals surface area contributed by atoms with Crippen LogP contribution in [0.4, 0.5) is 0 Å². The molecule has 0 bridgehead atoms. The molecule has 1 heterocycles. The van der Waals surface area contributed by atoms with E-state index >= 15 is 0 Å². The molecular weight excluding hydrogens is 220 g/mol. The van der Waals surface area contributed by atoms with Crippen molar-refractivity contribution in [2.75, 3.05) is 0 Å². The molecule has 0 saturated heterocycles. The third kappa shape index (κ3) is 2.27. The van der Waals surface area contributed by atoms with Gasteiger partial charge in [-0.15, -0.1) is 0 Å². The maximum atomic E-state index is 5.86. The quantitative estimate of drug-likeness (QED) is 0.730. The Hall–Kier alpha value is -1.28. The molecule has 3 heteroatoms. The van der Waals surface area contributed by atoms with Crippen LogP contribution in [0.2, 0.25) is 5.02 Å². The molecule has 0 spiro atoms. The van der Waals surface area contributed by atoms with Crippen LogP contribution < -0.4 is 0 Å². The summed E-state index contributed by atoms with van der Waals surface area (Å²) in [5.74, 6) is 0. The van der Waals surface area contributed by atoms with Gasteiger partial charge in [0.05, 0.1) is 11.7 Å². The lowest BCUT2D eigenvalue weighted by molar-refractivity contribution is 0.355. The molecular formula is C13H15ClN2. The first kappa shape index (κ1) is 11.2. The molecule has 84 valence electrons. The Morgan fingerprint density at radius 3 is 2.19 bits per heavy atom. The van der Waals surface area contributed by atoms with Crippen LogP contribution in [0.15, 0.2) is 36.7 Å². The number of aromatic nitrogens is 2. The smallest absolute Gasteiger partial charge is 0.0568 e. The first-order valence-corrected chi connectivity index (χ1v) is 5.66. The highest BCUT2D eigenvalue weighted by Gasteiger charge is 2.14. The van der Waals surface area contributed by atoms with E-state index in [4.69, 9.17) is 11.6 Å². The Morgan fingerprint density at radius 1 is 1.06 bits per heavy atom. The molecule has 0 N–H and O–H groups in total. The fourth-order valence-electron chi connectivity index (χ4n) is 1.48. The Balaban J connectivity index is 2.35. The summed E-state index contributed by atoms with van der Waals surface area (Å²) >= 11 is 5.86. The first-order valence-electron chi connectivity index (χ1n) is 5.28. The van der Waals surface area contributed by atoms with Gasteiger partial charge < -0.3 is 0 Å². The second-order valence-electron chi connectivity index (χ2n) is 4.85. The van der Waals surface area contributed by atoms with Crippen LogP contribution >= 0.6 is 11.6 Å². The molecule has 1 aromatic carbocycles. The zero-order valence-corrected chi connectivity index (χ0v) is 10.5. The topological polar surface area (TPSA) is 17.8 Å². The van der Waals surface area contributed by atoms with Crippen LogP contribution in [0.1, 0.15) is 20.8 Å². The minimum absolute atomic E-state index is 0.0185. The summed E-state index contributed by atoms with van der Waals surface area (Å²) in [6.07, 6.45) is 3.94. The van der Waals surface area contributed by atoms with E-state index in [1.54, 1.807) is 0 Å². The van der Waals surface area contributed by atoms with E-state index in [1.165, 1.54) is 0 Å². The standard InChI is InChI=1S/C13H15ClN2/c1-13(2,3)16-9-11(8-15-16)10-4-6-12(14)7-5-10/h4-9H,1-3H3. The predicted molar refractivity (Wildman–Crippen MR) is 67.7 cm³/mol. The van der Waals surface area contributed by atoms with E-state index in [-0.39, 0.29) is 5.54 Å². The molecule has 0 radical (unpaired) electrons. The van der Waals surface area contributed by atoms with Crippen LogP contribution in [0.5, 0.6) is 0 Å². The minimum atomic E-state index is 0.0185. The van der Waals surface area contributed by atoms with Crippen LogP contribution in [0, 0.1) is 0 Å². The maximum Gasteiger partial charge on any atom is 0.0568 e. The van der Waals surface area contributed by atoms with E-state index in [0.29, 0.717) is 0 Å². The maximum absolute atomic E-state index is 5.86. The highest BCUT2D eigenvalue weighted by Crippen LogP contribution is 2.23. The monoisotopic (exact) mass is 234 g/mol.